The third-order valence-corrected chi connectivity index (χ3v) is 2.84. The first-order valence-electron chi connectivity index (χ1n) is 6.61. The number of carbonyl (C=O) groups excluding carboxylic acids is 2. The van der Waals surface area contributed by atoms with Gasteiger partial charge in [-0.1, -0.05) is 25.1 Å². The first-order chi connectivity index (χ1) is 9.58. The van der Waals surface area contributed by atoms with Crippen LogP contribution in [0.3, 0.4) is 0 Å². The molecule has 0 heterocycles. The van der Waals surface area contributed by atoms with E-state index in [0.717, 1.165) is 12.0 Å². The molecule has 1 rings (SSSR count). The maximum absolute atomic E-state index is 12.1. The van der Waals surface area contributed by atoms with Crippen molar-refractivity contribution in [1.29, 1.82) is 0 Å². The standard InChI is InChI=1S/C15H21NO4/c1-4-9-16(10-15(18)19-3)14(17)11-20-13-8-6-5-7-12(13)2/h5-8H,4,9-11H2,1-3H3. The van der Waals surface area contributed by atoms with Crippen LogP contribution >= 0.6 is 0 Å². The molecule has 0 aromatic heterocycles. The Morgan fingerprint density at radius 1 is 1.25 bits per heavy atom. The SMILES string of the molecule is CCCN(CC(=O)OC)C(=O)COc1ccccc1C. The Morgan fingerprint density at radius 2 is 1.95 bits per heavy atom. The van der Waals surface area contributed by atoms with Crippen LogP contribution in [0.4, 0.5) is 0 Å². The Bertz CT molecular complexity index is 459. The van der Waals surface area contributed by atoms with Crippen molar-refractivity contribution in [3.63, 3.8) is 0 Å². The van der Waals surface area contributed by atoms with Gasteiger partial charge in [0.15, 0.2) is 6.61 Å². The third-order valence-electron chi connectivity index (χ3n) is 2.84. The van der Waals surface area contributed by atoms with Gasteiger partial charge in [-0.25, -0.2) is 0 Å². The molecular formula is C15H21NO4. The van der Waals surface area contributed by atoms with Gasteiger partial charge in [-0.15, -0.1) is 0 Å². The Morgan fingerprint density at radius 3 is 2.55 bits per heavy atom. The predicted molar refractivity (Wildman–Crippen MR) is 75.6 cm³/mol. The molecule has 110 valence electrons. The average Bonchev–Trinajstić information content (AvgIpc) is 2.45. The molecule has 0 spiro atoms. The Labute approximate surface area is 119 Å². The van der Waals surface area contributed by atoms with Crippen LogP contribution in [0.25, 0.3) is 0 Å². The minimum Gasteiger partial charge on any atom is -0.484 e. The summed E-state index contributed by atoms with van der Waals surface area (Å²) in [5.41, 5.74) is 0.968. The van der Waals surface area contributed by atoms with E-state index in [1.165, 1.54) is 12.0 Å². The van der Waals surface area contributed by atoms with Crippen molar-refractivity contribution in [2.24, 2.45) is 0 Å². The van der Waals surface area contributed by atoms with Crippen molar-refractivity contribution in [1.82, 2.24) is 4.90 Å². The molecule has 0 aliphatic rings. The summed E-state index contributed by atoms with van der Waals surface area (Å²) in [5.74, 6) is 0.0264. The summed E-state index contributed by atoms with van der Waals surface area (Å²) in [6, 6.07) is 7.49. The molecule has 1 amide bonds. The molecule has 0 saturated heterocycles. The molecule has 0 radical (unpaired) electrons. The summed E-state index contributed by atoms with van der Waals surface area (Å²) in [6.07, 6.45) is 0.771. The van der Waals surface area contributed by atoms with E-state index in [1.807, 2.05) is 38.1 Å². The molecule has 0 aliphatic heterocycles. The smallest absolute Gasteiger partial charge is 0.325 e. The summed E-state index contributed by atoms with van der Waals surface area (Å²) in [4.78, 5) is 24.8. The van der Waals surface area contributed by atoms with Gasteiger partial charge in [0.05, 0.1) is 7.11 Å². The minimum absolute atomic E-state index is 0.0414. The number of aryl methyl sites for hydroxylation is 1. The van der Waals surface area contributed by atoms with Crippen molar-refractivity contribution in [2.45, 2.75) is 20.3 Å². The maximum atomic E-state index is 12.1. The second-order valence-electron chi connectivity index (χ2n) is 4.45. The van der Waals surface area contributed by atoms with Crippen molar-refractivity contribution in [2.75, 3.05) is 26.8 Å². The van der Waals surface area contributed by atoms with E-state index < -0.39 is 5.97 Å². The van der Waals surface area contributed by atoms with E-state index in [4.69, 9.17) is 4.74 Å². The molecular weight excluding hydrogens is 258 g/mol. The summed E-state index contributed by atoms with van der Waals surface area (Å²) in [7, 11) is 1.31. The number of nitrogens with zero attached hydrogens (tertiary/aromatic N) is 1. The second-order valence-corrected chi connectivity index (χ2v) is 4.45. The van der Waals surface area contributed by atoms with Crippen LogP contribution < -0.4 is 4.74 Å². The van der Waals surface area contributed by atoms with Crippen LogP contribution in [-0.4, -0.2) is 43.6 Å². The number of esters is 1. The molecule has 1 aromatic carbocycles. The fraction of sp³-hybridized carbons (Fsp3) is 0.467. The van der Waals surface area contributed by atoms with Crippen molar-refractivity contribution in [3.05, 3.63) is 29.8 Å². The zero-order valence-corrected chi connectivity index (χ0v) is 12.2. The lowest BCUT2D eigenvalue weighted by Crippen LogP contribution is -2.39. The largest absolute Gasteiger partial charge is 0.484 e. The lowest BCUT2D eigenvalue weighted by molar-refractivity contribution is -0.147. The van der Waals surface area contributed by atoms with Gasteiger partial charge in [-0.3, -0.25) is 9.59 Å². The lowest BCUT2D eigenvalue weighted by atomic mass is 10.2. The van der Waals surface area contributed by atoms with Crippen LogP contribution in [-0.2, 0) is 14.3 Å². The van der Waals surface area contributed by atoms with Crippen LogP contribution in [0.5, 0.6) is 5.75 Å². The van der Waals surface area contributed by atoms with Gasteiger partial charge in [-0.2, -0.15) is 0 Å². The van der Waals surface area contributed by atoms with E-state index in [0.29, 0.717) is 12.3 Å². The summed E-state index contributed by atoms with van der Waals surface area (Å²) in [6.45, 7) is 4.24. The quantitative estimate of drug-likeness (QED) is 0.714. The monoisotopic (exact) mass is 279 g/mol. The van der Waals surface area contributed by atoms with E-state index in [-0.39, 0.29) is 19.1 Å². The molecule has 0 atom stereocenters. The predicted octanol–water partition coefficient (Wildman–Crippen LogP) is 1.79. The highest BCUT2D eigenvalue weighted by Gasteiger charge is 2.17. The number of carbonyl (C=O) groups is 2. The average molecular weight is 279 g/mol. The Kier molecular flexibility index (Phi) is 6.56. The molecule has 1 aromatic rings. The van der Waals surface area contributed by atoms with Crippen LogP contribution in [0.2, 0.25) is 0 Å². The molecule has 0 aliphatic carbocycles. The van der Waals surface area contributed by atoms with Crippen LogP contribution in [0.1, 0.15) is 18.9 Å². The van der Waals surface area contributed by atoms with Crippen LogP contribution in [0, 0.1) is 6.92 Å². The summed E-state index contributed by atoms with van der Waals surface area (Å²) >= 11 is 0. The highest BCUT2D eigenvalue weighted by Crippen LogP contribution is 2.16. The van der Waals surface area contributed by atoms with Gasteiger partial charge in [0.25, 0.3) is 5.91 Å². The minimum atomic E-state index is -0.428. The maximum Gasteiger partial charge on any atom is 0.325 e. The van der Waals surface area contributed by atoms with E-state index >= 15 is 0 Å². The zero-order chi connectivity index (χ0) is 15.0. The number of ether oxygens (including phenoxy) is 2. The van der Waals surface area contributed by atoms with Gasteiger partial charge in [0.2, 0.25) is 0 Å². The molecule has 5 nitrogen and oxygen atoms in total. The van der Waals surface area contributed by atoms with Crippen LogP contribution in [0.15, 0.2) is 24.3 Å². The van der Waals surface area contributed by atoms with Gasteiger partial charge >= 0.3 is 5.97 Å². The van der Waals surface area contributed by atoms with E-state index in [9.17, 15) is 9.59 Å². The van der Waals surface area contributed by atoms with Crippen molar-refractivity contribution in [3.8, 4) is 5.75 Å². The van der Waals surface area contributed by atoms with Gasteiger partial charge in [0.1, 0.15) is 12.3 Å². The van der Waals surface area contributed by atoms with Crippen molar-refractivity contribution < 1.29 is 19.1 Å². The third kappa shape index (κ3) is 4.91. The first kappa shape index (κ1) is 16.0. The molecule has 0 unspecified atom stereocenters. The number of hydrogen-bond donors (Lipinski definition) is 0. The molecule has 0 fully saturated rings. The fourth-order valence-corrected chi connectivity index (χ4v) is 1.73. The lowest BCUT2D eigenvalue weighted by Gasteiger charge is -2.21. The number of rotatable bonds is 7. The summed E-state index contributed by atoms with van der Waals surface area (Å²) < 4.78 is 10.1. The molecule has 5 heteroatoms. The van der Waals surface area contributed by atoms with E-state index in [2.05, 4.69) is 4.74 Å². The summed E-state index contributed by atoms with van der Waals surface area (Å²) in [5, 5.41) is 0. The molecule has 0 bridgehead atoms. The number of para-hydroxylation sites is 1. The van der Waals surface area contributed by atoms with Gasteiger partial charge < -0.3 is 14.4 Å². The number of benzene rings is 1. The normalized spacial score (nSPS) is 9.95. The topological polar surface area (TPSA) is 55.8 Å². The Hall–Kier alpha value is -2.04. The number of amides is 1. The fourth-order valence-electron chi connectivity index (χ4n) is 1.73. The molecule has 0 saturated carbocycles. The number of methoxy groups -OCH3 is 1. The zero-order valence-electron chi connectivity index (χ0n) is 12.2. The van der Waals surface area contributed by atoms with Crippen molar-refractivity contribution >= 4 is 11.9 Å². The number of hydrogen-bond acceptors (Lipinski definition) is 4. The first-order valence-corrected chi connectivity index (χ1v) is 6.61. The van der Waals surface area contributed by atoms with E-state index in [1.54, 1.807) is 0 Å². The highest BCUT2D eigenvalue weighted by atomic mass is 16.5. The second kappa shape index (κ2) is 8.19. The van der Waals surface area contributed by atoms with Gasteiger partial charge in [-0.05, 0) is 25.0 Å². The Balaban J connectivity index is 2.58. The highest BCUT2D eigenvalue weighted by molar-refractivity contribution is 5.83. The molecule has 0 N–H and O–H groups in total. The van der Waals surface area contributed by atoms with Gasteiger partial charge in [0, 0.05) is 6.54 Å². The molecule has 20 heavy (non-hydrogen) atoms.